The second-order valence-electron chi connectivity index (χ2n) is 7.58. The SMILES string of the molecule is CCn1c(=NC(=O)C2CCN(S(=O)(=O)c3ccc(Cl)s3)CC2)sc2c(C)ccc(OC)c21. The molecule has 1 aliphatic rings. The minimum Gasteiger partial charge on any atom is -0.495 e. The van der Waals surface area contributed by atoms with Gasteiger partial charge in [0.05, 0.1) is 16.1 Å². The van der Waals surface area contributed by atoms with Gasteiger partial charge in [-0.1, -0.05) is 29.0 Å². The predicted octanol–water partition coefficient (Wildman–Crippen LogP) is 4.28. The molecule has 2 aromatic heterocycles. The molecule has 0 unspecified atom stereocenters. The number of thiazole rings is 1. The fourth-order valence-corrected chi connectivity index (χ4v) is 8.21. The van der Waals surface area contributed by atoms with E-state index >= 15 is 0 Å². The van der Waals surface area contributed by atoms with Crippen molar-refractivity contribution >= 4 is 60.4 Å². The second kappa shape index (κ2) is 9.26. The quantitative estimate of drug-likeness (QED) is 0.510. The number of benzene rings is 1. The van der Waals surface area contributed by atoms with E-state index in [-0.39, 0.29) is 29.1 Å². The molecule has 4 rings (SSSR count). The highest BCUT2D eigenvalue weighted by atomic mass is 35.5. The maximum absolute atomic E-state index is 13.0. The van der Waals surface area contributed by atoms with E-state index in [1.165, 1.54) is 21.7 Å². The van der Waals surface area contributed by atoms with Gasteiger partial charge in [0.25, 0.3) is 15.9 Å². The van der Waals surface area contributed by atoms with Crippen LogP contribution in [0.5, 0.6) is 5.75 Å². The predicted molar refractivity (Wildman–Crippen MR) is 128 cm³/mol. The molecule has 0 radical (unpaired) electrons. The Hall–Kier alpha value is -1.72. The Labute approximate surface area is 200 Å². The van der Waals surface area contributed by atoms with E-state index in [1.54, 1.807) is 13.2 Å². The van der Waals surface area contributed by atoms with Crippen molar-refractivity contribution in [3.63, 3.8) is 0 Å². The minimum absolute atomic E-state index is 0.202. The number of nitrogens with zero attached hydrogens (tertiary/aromatic N) is 3. The highest BCUT2D eigenvalue weighted by molar-refractivity contribution is 7.91. The topological polar surface area (TPSA) is 81.0 Å². The summed E-state index contributed by atoms with van der Waals surface area (Å²) in [5, 5.41) is 0. The van der Waals surface area contributed by atoms with Crippen molar-refractivity contribution in [1.82, 2.24) is 8.87 Å². The fraction of sp³-hybridized carbons (Fsp3) is 0.429. The normalized spacial score (nSPS) is 16.7. The van der Waals surface area contributed by atoms with Crippen LogP contribution in [0.3, 0.4) is 0 Å². The van der Waals surface area contributed by atoms with Crippen molar-refractivity contribution in [1.29, 1.82) is 0 Å². The molecular formula is C21H24ClN3O4S3. The van der Waals surface area contributed by atoms with E-state index < -0.39 is 10.0 Å². The number of methoxy groups -OCH3 is 1. The van der Waals surface area contributed by atoms with Crippen molar-refractivity contribution in [2.45, 2.75) is 37.4 Å². The molecule has 0 atom stereocenters. The van der Waals surface area contributed by atoms with Crippen LogP contribution in [0, 0.1) is 12.8 Å². The smallest absolute Gasteiger partial charge is 0.252 e. The summed E-state index contributed by atoms with van der Waals surface area (Å²) in [6.45, 7) is 5.28. The number of sulfonamides is 1. The van der Waals surface area contributed by atoms with Gasteiger partial charge in [0.2, 0.25) is 0 Å². The Balaban J connectivity index is 1.57. The van der Waals surface area contributed by atoms with Crippen LogP contribution in [0.25, 0.3) is 10.2 Å². The first kappa shape index (κ1) is 23.4. The summed E-state index contributed by atoms with van der Waals surface area (Å²) in [6, 6.07) is 7.04. The number of fused-ring (bicyclic) bond motifs is 1. The zero-order valence-corrected chi connectivity index (χ0v) is 21.2. The average Bonchev–Trinajstić information content (AvgIpc) is 3.38. The van der Waals surface area contributed by atoms with Gasteiger partial charge in [-0.2, -0.15) is 9.30 Å². The maximum atomic E-state index is 13.0. The average molecular weight is 514 g/mol. The van der Waals surface area contributed by atoms with Crippen molar-refractivity contribution < 1.29 is 17.9 Å². The first-order chi connectivity index (χ1) is 15.3. The van der Waals surface area contributed by atoms with E-state index in [4.69, 9.17) is 16.3 Å². The van der Waals surface area contributed by atoms with Gasteiger partial charge in [-0.05, 0) is 50.5 Å². The summed E-state index contributed by atoms with van der Waals surface area (Å²) in [5.41, 5.74) is 2.05. The number of carbonyl (C=O) groups excluding carboxylic acids is 1. The van der Waals surface area contributed by atoms with Gasteiger partial charge in [-0.15, -0.1) is 11.3 Å². The van der Waals surface area contributed by atoms with E-state index in [0.29, 0.717) is 28.5 Å². The standard InChI is InChI=1S/C21H24ClN3O4S3/c1-4-25-18-15(29-3)6-5-13(2)19(18)31-21(25)23-20(26)14-9-11-24(12-10-14)32(27,28)17-8-7-16(22)30-17/h5-8,14H,4,9-12H2,1-3H3. The Morgan fingerprint density at radius 3 is 2.53 bits per heavy atom. The number of aromatic nitrogens is 1. The number of ether oxygens (including phenoxy) is 1. The Kier molecular flexibility index (Phi) is 6.78. The van der Waals surface area contributed by atoms with Gasteiger partial charge in [0.1, 0.15) is 15.5 Å². The molecule has 3 heterocycles. The number of carbonyl (C=O) groups is 1. The van der Waals surface area contributed by atoms with Crippen LogP contribution >= 0.6 is 34.3 Å². The summed E-state index contributed by atoms with van der Waals surface area (Å²) in [7, 11) is -1.95. The van der Waals surface area contributed by atoms with Gasteiger partial charge in [0.15, 0.2) is 4.80 Å². The molecule has 1 saturated heterocycles. The molecule has 0 N–H and O–H groups in total. The lowest BCUT2D eigenvalue weighted by Gasteiger charge is -2.29. The van der Waals surface area contributed by atoms with E-state index in [2.05, 4.69) is 4.99 Å². The van der Waals surface area contributed by atoms with Gasteiger partial charge in [-0.25, -0.2) is 8.42 Å². The number of halogens is 1. The molecule has 1 amide bonds. The monoisotopic (exact) mass is 513 g/mol. The van der Waals surface area contributed by atoms with Crippen molar-refractivity contribution in [3.8, 4) is 5.75 Å². The summed E-state index contributed by atoms with van der Waals surface area (Å²) < 4.78 is 36.3. The Morgan fingerprint density at radius 2 is 1.94 bits per heavy atom. The van der Waals surface area contributed by atoms with Gasteiger partial charge in [0, 0.05) is 25.6 Å². The molecule has 7 nitrogen and oxygen atoms in total. The largest absolute Gasteiger partial charge is 0.495 e. The number of hydrogen-bond acceptors (Lipinski definition) is 6. The molecule has 32 heavy (non-hydrogen) atoms. The van der Waals surface area contributed by atoms with Gasteiger partial charge >= 0.3 is 0 Å². The molecule has 1 aliphatic heterocycles. The Morgan fingerprint density at radius 1 is 1.22 bits per heavy atom. The van der Waals surface area contributed by atoms with E-state index in [9.17, 15) is 13.2 Å². The molecule has 0 spiro atoms. The number of aryl methyl sites for hydroxylation is 2. The lowest BCUT2D eigenvalue weighted by Crippen LogP contribution is -2.40. The number of hydrogen-bond donors (Lipinski definition) is 0. The minimum atomic E-state index is -3.58. The molecule has 0 saturated carbocycles. The van der Waals surface area contributed by atoms with Crippen LogP contribution in [0.2, 0.25) is 4.34 Å². The van der Waals surface area contributed by atoms with Crippen LogP contribution in [0.15, 0.2) is 33.5 Å². The van der Waals surface area contributed by atoms with E-state index in [1.807, 2.05) is 30.5 Å². The van der Waals surface area contributed by atoms with Crippen LogP contribution < -0.4 is 9.54 Å². The third-order valence-corrected chi connectivity index (χ3v) is 10.5. The van der Waals surface area contributed by atoms with Gasteiger partial charge < -0.3 is 9.30 Å². The van der Waals surface area contributed by atoms with Gasteiger partial charge in [-0.3, -0.25) is 4.79 Å². The molecule has 1 aromatic carbocycles. The van der Waals surface area contributed by atoms with Crippen LogP contribution in [0.1, 0.15) is 25.3 Å². The van der Waals surface area contributed by atoms with Crippen molar-refractivity contribution in [2.24, 2.45) is 10.9 Å². The highest BCUT2D eigenvalue weighted by Crippen LogP contribution is 2.32. The molecule has 11 heteroatoms. The van der Waals surface area contributed by atoms with Crippen LogP contribution in [0.4, 0.5) is 0 Å². The second-order valence-corrected chi connectivity index (χ2v) is 12.4. The molecule has 1 fully saturated rings. The summed E-state index contributed by atoms with van der Waals surface area (Å²) in [5.74, 6) is 0.253. The first-order valence-electron chi connectivity index (χ1n) is 10.3. The Bertz CT molecular complexity index is 1330. The molecule has 3 aromatic rings. The van der Waals surface area contributed by atoms with Crippen molar-refractivity contribution in [2.75, 3.05) is 20.2 Å². The highest BCUT2D eigenvalue weighted by Gasteiger charge is 2.33. The van der Waals surface area contributed by atoms with E-state index in [0.717, 1.165) is 32.9 Å². The molecule has 0 bridgehead atoms. The third-order valence-electron chi connectivity index (χ3n) is 5.67. The molecular weight excluding hydrogens is 490 g/mol. The lowest BCUT2D eigenvalue weighted by atomic mass is 9.98. The summed E-state index contributed by atoms with van der Waals surface area (Å²) in [4.78, 5) is 18.1. The van der Waals surface area contributed by atoms with Crippen LogP contribution in [-0.4, -0.2) is 43.4 Å². The first-order valence-corrected chi connectivity index (χ1v) is 13.7. The zero-order valence-electron chi connectivity index (χ0n) is 18.0. The van der Waals surface area contributed by atoms with Crippen LogP contribution in [-0.2, 0) is 21.4 Å². The molecule has 0 aliphatic carbocycles. The molecule has 172 valence electrons. The number of piperidine rings is 1. The number of thiophene rings is 1. The fourth-order valence-electron chi connectivity index (χ4n) is 3.91. The van der Waals surface area contributed by atoms with Crippen molar-refractivity contribution in [3.05, 3.63) is 39.0 Å². The lowest BCUT2D eigenvalue weighted by molar-refractivity contribution is -0.122. The maximum Gasteiger partial charge on any atom is 0.252 e. The number of amides is 1. The zero-order chi connectivity index (χ0) is 23.0. The summed E-state index contributed by atoms with van der Waals surface area (Å²) >= 11 is 8.42. The third kappa shape index (κ3) is 4.26. The number of rotatable bonds is 5. The summed E-state index contributed by atoms with van der Waals surface area (Å²) in [6.07, 6.45) is 0.889.